The van der Waals surface area contributed by atoms with Crippen LogP contribution in [0.1, 0.15) is 48.7 Å². The molecule has 0 bridgehead atoms. The van der Waals surface area contributed by atoms with E-state index in [1.54, 1.807) is 18.2 Å². The van der Waals surface area contributed by atoms with E-state index in [0.717, 1.165) is 32.2 Å². The third-order valence-corrected chi connectivity index (χ3v) is 6.08. The van der Waals surface area contributed by atoms with E-state index in [1.807, 2.05) is 4.90 Å². The first-order valence-corrected chi connectivity index (χ1v) is 10.3. The van der Waals surface area contributed by atoms with Crippen LogP contribution in [0.2, 0.25) is 0 Å². The zero-order chi connectivity index (χ0) is 18.6. The van der Waals surface area contributed by atoms with Crippen molar-refractivity contribution in [2.45, 2.75) is 50.1 Å². The molecule has 1 fully saturated rings. The van der Waals surface area contributed by atoms with E-state index < -0.39 is 10.0 Å². The summed E-state index contributed by atoms with van der Waals surface area (Å²) >= 11 is 0. The van der Waals surface area contributed by atoms with Gasteiger partial charge in [0.2, 0.25) is 10.0 Å². The summed E-state index contributed by atoms with van der Waals surface area (Å²) in [5, 5.41) is 3.67. The first-order valence-electron chi connectivity index (χ1n) is 8.81. The molecule has 0 saturated carbocycles. The normalized spacial score (nSPS) is 18.0. The molecule has 140 valence electrons. The van der Waals surface area contributed by atoms with Crippen LogP contribution in [-0.4, -0.2) is 37.0 Å². The lowest BCUT2D eigenvalue weighted by Crippen LogP contribution is -2.43. The highest BCUT2D eigenvalue weighted by atomic mass is 32.2. The number of benzene rings is 1. The van der Waals surface area contributed by atoms with Crippen molar-refractivity contribution in [3.8, 4) is 0 Å². The van der Waals surface area contributed by atoms with Crippen molar-refractivity contribution in [2.75, 3.05) is 6.54 Å². The van der Waals surface area contributed by atoms with Gasteiger partial charge in [-0.05, 0) is 43.9 Å². The minimum atomic E-state index is -3.74. The summed E-state index contributed by atoms with van der Waals surface area (Å²) in [5.74, 6) is -0.106. The number of piperidine rings is 1. The fourth-order valence-corrected chi connectivity index (χ4v) is 4.28. The molecule has 0 unspecified atom stereocenters. The molecule has 1 amide bonds. The molecular formula is C18H23N3O4S. The minimum absolute atomic E-state index is 0.0288. The number of amides is 1. The van der Waals surface area contributed by atoms with Crippen molar-refractivity contribution in [3.63, 3.8) is 0 Å². The lowest BCUT2D eigenvalue weighted by Gasteiger charge is -2.35. The molecule has 8 heteroatoms. The summed E-state index contributed by atoms with van der Waals surface area (Å²) in [6.45, 7) is 2.82. The standard InChI is InChI=1S/C18H23N3O4S/c1-2-16-7-3-4-10-21(16)18(22)14-6-5-8-17(12-14)26(23,24)19-13-15-9-11-25-20-15/h5-6,8-9,11-12,16,19H,2-4,7,10,13H2,1H3/t16-/m0/s1. The second-order valence-corrected chi connectivity index (χ2v) is 8.17. The molecule has 1 aromatic heterocycles. The Morgan fingerprint density at radius 3 is 2.92 bits per heavy atom. The SMILES string of the molecule is CC[C@H]1CCCCN1C(=O)c1cccc(S(=O)(=O)NCc2ccon2)c1. The van der Waals surface area contributed by atoms with Crippen LogP contribution in [0.4, 0.5) is 0 Å². The number of sulfonamides is 1. The van der Waals surface area contributed by atoms with Crippen LogP contribution in [0, 0.1) is 0 Å². The minimum Gasteiger partial charge on any atom is -0.364 e. The highest BCUT2D eigenvalue weighted by Gasteiger charge is 2.27. The van der Waals surface area contributed by atoms with Crippen LogP contribution in [0.3, 0.4) is 0 Å². The van der Waals surface area contributed by atoms with Gasteiger partial charge < -0.3 is 9.42 Å². The van der Waals surface area contributed by atoms with Crippen LogP contribution in [0.15, 0.2) is 46.0 Å². The largest absolute Gasteiger partial charge is 0.364 e. The lowest BCUT2D eigenvalue weighted by molar-refractivity contribution is 0.0608. The van der Waals surface area contributed by atoms with Crippen LogP contribution >= 0.6 is 0 Å². The molecule has 3 rings (SSSR count). The number of nitrogens with one attached hydrogen (secondary N) is 1. The first-order chi connectivity index (χ1) is 12.5. The van der Waals surface area contributed by atoms with Gasteiger partial charge in [-0.1, -0.05) is 18.1 Å². The number of hydrogen-bond acceptors (Lipinski definition) is 5. The van der Waals surface area contributed by atoms with Crippen molar-refractivity contribution in [2.24, 2.45) is 0 Å². The van der Waals surface area contributed by atoms with E-state index in [1.165, 1.54) is 18.4 Å². The van der Waals surface area contributed by atoms with Crippen LogP contribution < -0.4 is 4.72 Å². The Morgan fingerprint density at radius 2 is 2.19 bits per heavy atom. The molecule has 0 aliphatic carbocycles. The van der Waals surface area contributed by atoms with Crippen molar-refractivity contribution in [1.29, 1.82) is 0 Å². The van der Waals surface area contributed by atoms with Crippen LogP contribution in [0.25, 0.3) is 0 Å². The monoisotopic (exact) mass is 377 g/mol. The quantitative estimate of drug-likeness (QED) is 0.835. The van der Waals surface area contributed by atoms with E-state index in [0.29, 0.717) is 11.3 Å². The van der Waals surface area contributed by atoms with Gasteiger partial charge in [-0.2, -0.15) is 0 Å². The Hall–Kier alpha value is -2.19. The zero-order valence-corrected chi connectivity index (χ0v) is 15.5. The van der Waals surface area contributed by atoms with Crippen molar-refractivity contribution < 1.29 is 17.7 Å². The number of hydrogen-bond donors (Lipinski definition) is 1. The Morgan fingerprint density at radius 1 is 1.35 bits per heavy atom. The van der Waals surface area contributed by atoms with E-state index in [9.17, 15) is 13.2 Å². The maximum atomic E-state index is 12.9. The molecule has 1 aliphatic heterocycles. The highest BCUT2D eigenvalue weighted by Crippen LogP contribution is 2.22. The fraction of sp³-hybridized carbons (Fsp3) is 0.444. The summed E-state index contributed by atoms with van der Waals surface area (Å²) in [6.07, 6.45) is 5.40. The predicted octanol–water partition coefficient (Wildman–Crippen LogP) is 2.56. The Balaban J connectivity index is 1.77. The molecule has 1 saturated heterocycles. The molecule has 1 aromatic carbocycles. The molecule has 1 N–H and O–H groups in total. The van der Waals surface area contributed by atoms with E-state index >= 15 is 0 Å². The molecule has 2 heterocycles. The molecule has 0 spiro atoms. The topological polar surface area (TPSA) is 92.5 Å². The van der Waals surface area contributed by atoms with Gasteiger partial charge in [0.25, 0.3) is 5.91 Å². The Labute approximate surface area is 153 Å². The van der Waals surface area contributed by atoms with E-state index in [2.05, 4.69) is 21.3 Å². The Kier molecular flexibility index (Phi) is 5.73. The molecule has 1 aliphatic rings. The van der Waals surface area contributed by atoms with Gasteiger partial charge in [0.05, 0.1) is 17.1 Å². The maximum Gasteiger partial charge on any atom is 0.254 e. The molecule has 0 radical (unpaired) electrons. The van der Waals surface area contributed by atoms with Crippen LogP contribution in [0.5, 0.6) is 0 Å². The number of aromatic nitrogens is 1. The predicted molar refractivity (Wildman–Crippen MR) is 95.9 cm³/mol. The molecule has 7 nitrogen and oxygen atoms in total. The van der Waals surface area contributed by atoms with Crippen LogP contribution in [-0.2, 0) is 16.6 Å². The van der Waals surface area contributed by atoms with E-state index in [4.69, 9.17) is 0 Å². The van der Waals surface area contributed by atoms with Crippen molar-refractivity contribution in [1.82, 2.24) is 14.8 Å². The van der Waals surface area contributed by atoms with Crippen molar-refractivity contribution >= 4 is 15.9 Å². The van der Waals surface area contributed by atoms with Crippen molar-refractivity contribution in [3.05, 3.63) is 47.9 Å². The van der Waals surface area contributed by atoms with Gasteiger partial charge in [-0.3, -0.25) is 4.79 Å². The summed E-state index contributed by atoms with van der Waals surface area (Å²) in [7, 11) is -3.74. The number of carbonyl (C=O) groups excluding carboxylic acids is 1. The zero-order valence-electron chi connectivity index (χ0n) is 14.7. The fourth-order valence-electron chi connectivity index (χ4n) is 3.24. The van der Waals surface area contributed by atoms with E-state index in [-0.39, 0.29) is 23.4 Å². The third kappa shape index (κ3) is 4.13. The number of likely N-dealkylation sites (tertiary alicyclic amines) is 1. The number of nitrogens with zero attached hydrogens (tertiary/aromatic N) is 2. The first kappa shape index (κ1) is 18.6. The van der Waals surface area contributed by atoms with Gasteiger partial charge in [-0.25, -0.2) is 13.1 Å². The average molecular weight is 377 g/mol. The second-order valence-electron chi connectivity index (χ2n) is 6.40. The smallest absolute Gasteiger partial charge is 0.254 e. The summed E-state index contributed by atoms with van der Waals surface area (Å²) in [4.78, 5) is 14.8. The molecular weight excluding hydrogens is 354 g/mol. The summed E-state index contributed by atoms with van der Waals surface area (Å²) in [5.41, 5.74) is 0.884. The highest BCUT2D eigenvalue weighted by molar-refractivity contribution is 7.89. The van der Waals surface area contributed by atoms with Gasteiger partial charge in [-0.15, -0.1) is 0 Å². The molecule has 26 heavy (non-hydrogen) atoms. The average Bonchev–Trinajstić information content (AvgIpc) is 3.20. The second kappa shape index (κ2) is 8.01. The van der Waals surface area contributed by atoms with Gasteiger partial charge in [0.15, 0.2) is 0 Å². The maximum absolute atomic E-state index is 12.9. The Bertz CT molecular complexity index is 849. The molecule has 1 atom stereocenters. The van der Waals surface area contributed by atoms with Gasteiger partial charge in [0, 0.05) is 24.2 Å². The summed E-state index contributed by atoms with van der Waals surface area (Å²) < 4.78 is 32.2. The van der Waals surface area contributed by atoms with Gasteiger partial charge >= 0.3 is 0 Å². The third-order valence-electron chi connectivity index (χ3n) is 4.69. The lowest BCUT2D eigenvalue weighted by atomic mass is 9.99. The summed E-state index contributed by atoms with van der Waals surface area (Å²) in [6, 6.07) is 8.00. The number of carbonyl (C=O) groups is 1. The number of rotatable bonds is 6. The molecule has 2 aromatic rings. The van der Waals surface area contributed by atoms with Gasteiger partial charge in [0.1, 0.15) is 6.26 Å².